The van der Waals surface area contributed by atoms with Gasteiger partial charge in [-0.25, -0.2) is 17.6 Å². The van der Waals surface area contributed by atoms with Gasteiger partial charge in [0.1, 0.15) is 16.5 Å². The number of aryl methyl sites for hydroxylation is 2. The second-order valence-electron chi connectivity index (χ2n) is 6.95. The molecule has 1 heterocycles. The van der Waals surface area contributed by atoms with Crippen LogP contribution in [0.5, 0.6) is 5.75 Å². The number of benzene rings is 2. The van der Waals surface area contributed by atoms with Crippen molar-refractivity contribution in [3.05, 3.63) is 56.6 Å². The van der Waals surface area contributed by atoms with Crippen molar-refractivity contribution < 1.29 is 27.1 Å². The smallest absolute Gasteiger partial charge is 0.260 e. The minimum absolute atomic E-state index is 0.0146. The van der Waals surface area contributed by atoms with Gasteiger partial charge in [0.05, 0.1) is 0 Å². The Labute approximate surface area is 180 Å². The molecule has 1 aliphatic heterocycles. The van der Waals surface area contributed by atoms with Crippen molar-refractivity contribution in [2.75, 3.05) is 37.7 Å². The molecule has 162 valence electrons. The zero-order valence-corrected chi connectivity index (χ0v) is 17.7. The molecule has 4 nitrogen and oxygen atoms in total. The van der Waals surface area contributed by atoms with Crippen LogP contribution < -0.4 is 9.64 Å². The fourth-order valence-corrected chi connectivity index (χ4v) is 3.55. The normalized spacial score (nSPS) is 14.3. The number of carbonyl (C=O) groups is 1. The van der Waals surface area contributed by atoms with Crippen LogP contribution >= 0.6 is 23.2 Å². The van der Waals surface area contributed by atoms with Crippen LogP contribution in [0.3, 0.4) is 0 Å². The summed E-state index contributed by atoms with van der Waals surface area (Å²) in [4.78, 5) is 15.0. The first-order chi connectivity index (χ1) is 14.1. The van der Waals surface area contributed by atoms with Gasteiger partial charge in [0.15, 0.2) is 29.9 Å². The third kappa shape index (κ3) is 4.30. The number of piperazine rings is 1. The molecule has 1 aliphatic rings. The second-order valence-corrected chi connectivity index (χ2v) is 7.70. The molecule has 2 aromatic rings. The van der Waals surface area contributed by atoms with Crippen molar-refractivity contribution in [2.24, 2.45) is 0 Å². The number of ether oxygens (including phenoxy) is 1. The van der Waals surface area contributed by atoms with E-state index in [1.807, 2.05) is 13.8 Å². The van der Waals surface area contributed by atoms with E-state index in [-0.39, 0.29) is 38.7 Å². The first-order valence-electron chi connectivity index (χ1n) is 9.05. The van der Waals surface area contributed by atoms with Gasteiger partial charge in [0.25, 0.3) is 5.91 Å². The van der Waals surface area contributed by atoms with Crippen LogP contribution in [0.4, 0.5) is 23.2 Å². The summed E-state index contributed by atoms with van der Waals surface area (Å²) < 4.78 is 61.2. The molecule has 0 saturated carbocycles. The fourth-order valence-electron chi connectivity index (χ4n) is 3.28. The van der Waals surface area contributed by atoms with Gasteiger partial charge in [-0.05, 0) is 37.1 Å². The van der Waals surface area contributed by atoms with Gasteiger partial charge in [-0.15, -0.1) is 0 Å². The molecule has 1 amide bonds. The van der Waals surface area contributed by atoms with Crippen LogP contribution in [0.1, 0.15) is 11.1 Å². The quantitative estimate of drug-likeness (QED) is 0.366. The van der Waals surface area contributed by atoms with Gasteiger partial charge in [-0.3, -0.25) is 4.79 Å². The lowest BCUT2D eigenvalue weighted by molar-refractivity contribution is -0.133. The molecule has 0 bridgehead atoms. The maximum atomic E-state index is 14.1. The van der Waals surface area contributed by atoms with Crippen LogP contribution in [-0.4, -0.2) is 43.6 Å². The van der Waals surface area contributed by atoms with E-state index < -0.39 is 34.0 Å². The van der Waals surface area contributed by atoms with Crippen LogP contribution in [-0.2, 0) is 4.79 Å². The predicted octanol–water partition coefficient (Wildman–Crippen LogP) is 4.89. The van der Waals surface area contributed by atoms with E-state index in [4.69, 9.17) is 27.9 Å². The van der Waals surface area contributed by atoms with E-state index in [2.05, 4.69) is 0 Å². The number of halogens is 6. The molecule has 0 N–H and O–H groups in total. The molecule has 0 aliphatic carbocycles. The minimum atomic E-state index is -1.65. The maximum Gasteiger partial charge on any atom is 0.260 e. The minimum Gasteiger partial charge on any atom is -0.484 e. The predicted molar refractivity (Wildman–Crippen MR) is 106 cm³/mol. The van der Waals surface area contributed by atoms with E-state index in [1.165, 1.54) is 4.90 Å². The highest BCUT2D eigenvalue weighted by atomic mass is 35.5. The van der Waals surface area contributed by atoms with E-state index in [9.17, 15) is 22.4 Å². The fraction of sp³-hybridized carbons (Fsp3) is 0.350. The SMILES string of the molecule is Cc1cc(OCC(=O)N2CCN(c3c(F)c(F)c(Cl)c(F)c3F)CC2)cc(C)c1Cl. The lowest BCUT2D eigenvalue weighted by atomic mass is 10.1. The Morgan fingerprint density at radius 2 is 1.40 bits per heavy atom. The monoisotopic (exact) mass is 464 g/mol. The molecule has 3 rings (SSSR count). The van der Waals surface area contributed by atoms with Crippen LogP contribution in [0.2, 0.25) is 10.0 Å². The number of amides is 1. The molecule has 10 heteroatoms. The summed E-state index contributed by atoms with van der Waals surface area (Å²) in [6, 6.07) is 3.44. The number of hydrogen-bond acceptors (Lipinski definition) is 3. The van der Waals surface area contributed by atoms with Crippen LogP contribution in [0, 0.1) is 37.1 Å². The Kier molecular flexibility index (Phi) is 6.67. The molecule has 0 atom stereocenters. The van der Waals surface area contributed by atoms with E-state index in [1.54, 1.807) is 12.1 Å². The first-order valence-corrected chi connectivity index (χ1v) is 9.81. The number of rotatable bonds is 4. The van der Waals surface area contributed by atoms with Gasteiger partial charge >= 0.3 is 0 Å². The molecule has 0 radical (unpaired) electrons. The van der Waals surface area contributed by atoms with E-state index in [0.717, 1.165) is 16.0 Å². The molecule has 2 aromatic carbocycles. The Hall–Kier alpha value is -2.19. The summed E-state index contributed by atoms with van der Waals surface area (Å²) in [5.41, 5.74) is 0.809. The van der Waals surface area contributed by atoms with E-state index in [0.29, 0.717) is 10.8 Å². The van der Waals surface area contributed by atoms with Crippen molar-refractivity contribution >= 4 is 34.8 Å². The number of nitrogens with zero attached hydrogens (tertiary/aromatic N) is 2. The average Bonchev–Trinajstić information content (AvgIpc) is 2.73. The van der Waals surface area contributed by atoms with Crippen molar-refractivity contribution in [1.29, 1.82) is 0 Å². The Morgan fingerprint density at radius 3 is 1.90 bits per heavy atom. The first kappa shape index (κ1) is 22.5. The zero-order valence-electron chi connectivity index (χ0n) is 16.2. The van der Waals surface area contributed by atoms with Crippen molar-refractivity contribution in [2.45, 2.75) is 13.8 Å². The summed E-state index contributed by atoms with van der Waals surface area (Å²) in [5.74, 6) is -6.24. The molecule has 0 unspecified atom stereocenters. The highest BCUT2D eigenvalue weighted by molar-refractivity contribution is 6.32. The van der Waals surface area contributed by atoms with Gasteiger partial charge in [-0.2, -0.15) is 0 Å². The second kappa shape index (κ2) is 8.89. The highest BCUT2D eigenvalue weighted by Gasteiger charge is 2.30. The summed E-state index contributed by atoms with van der Waals surface area (Å²) in [5, 5.41) is -0.605. The van der Waals surface area contributed by atoms with Gasteiger partial charge < -0.3 is 14.5 Å². The summed E-state index contributed by atoms with van der Waals surface area (Å²) in [7, 11) is 0. The van der Waals surface area contributed by atoms with Crippen molar-refractivity contribution in [3.8, 4) is 5.75 Å². The molecule has 1 saturated heterocycles. The largest absolute Gasteiger partial charge is 0.484 e. The molecule has 0 aromatic heterocycles. The van der Waals surface area contributed by atoms with Gasteiger partial charge in [0, 0.05) is 31.2 Å². The maximum absolute atomic E-state index is 14.1. The number of carbonyl (C=O) groups excluding carboxylic acids is 1. The average molecular weight is 465 g/mol. The van der Waals surface area contributed by atoms with Crippen LogP contribution in [0.25, 0.3) is 0 Å². The molecule has 1 fully saturated rings. The third-order valence-electron chi connectivity index (χ3n) is 4.91. The molecular weight excluding hydrogens is 447 g/mol. The summed E-state index contributed by atoms with van der Waals surface area (Å²) in [6.07, 6.45) is 0. The zero-order chi connectivity index (χ0) is 22.2. The van der Waals surface area contributed by atoms with Gasteiger partial charge in [-0.1, -0.05) is 23.2 Å². The number of hydrogen-bond donors (Lipinski definition) is 0. The number of anilines is 1. The standard InChI is InChI=1S/C20H18Cl2F4N2O2/c1-10-7-12(8-11(2)14(10)21)30-9-13(29)27-3-5-28(6-4-27)20-18(25)16(23)15(22)17(24)19(20)26/h7-8H,3-6,9H2,1-2H3. The Morgan fingerprint density at radius 1 is 0.900 bits per heavy atom. The lowest BCUT2D eigenvalue weighted by Gasteiger charge is -2.36. The summed E-state index contributed by atoms with van der Waals surface area (Å²) >= 11 is 11.4. The van der Waals surface area contributed by atoms with E-state index >= 15 is 0 Å². The topological polar surface area (TPSA) is 32.8 Å². The van der Waals surface area contributed by atoms with Crippen molar-refractivity contribution in [3.63, 3.8) is 0 Å². The Balaban J connectivity index is 1.63. The molecule has 30 heavy (non-hydrogen) atoms. The third-order valence-corrected chi connectivity index (χ3v) is 5.84. The Bertz CT molecular complexity index is 943. The molecular formula is C20H18Cl2F4N2O2. The van der Waals surface area contributed by atoms with Crippen LogP contribution in [0.15, 0.2) is 12.1 Å². The van der Waals surface area contributed by atoms with Gasteiger partial charge in [0.2, 0.25) is 0 Å². The summed E-state index contributed by atoms with van der Waals surface area (Å²) in [6.45, 7) is 3.59. The highest BCUT2D eigenvalue weighted by Crippen LogP contribution is 2.34. The van der Waals surface area contributed by atoms with Crippen molar-refractivity contribution in [1.82, 2.24) is 4.90 Å². The lowest BCUT2D eigenvalue weighted by Crippen LogP contribution is -2.50. The molecule has 0 spiro atoms.